The van der Waals surface area contributed by atoms with Gasteiger partial charge in [0.15, 0.2) is 0 Å². The van der Waals surface area contributed by atoms with Crippen molar-refractivity contribution in [3.05, 3.63) is 34.9 Å². The van der Waals surface area contributed by atoms with Gasteiger partial charge in [-0.25, -0.2) is 0 Å². The third kappa shape index (κ3) is 5.52. The standard InChI is InChI=1S/C14H20ClNO2/c1-14(2,10-17)9-16-13(18)8-5-11-3-6-12(15)7-4-11/h3-4,6-7,17H,5,8-10H2,1-2H3,(H,16,18). The molecule has 1 amide bonds. The Morgan fingerprint density at radius 2 is 1.94 bits per heavy atom. The second kappa shape index (κ2) is 6.76. The maximum atomic E-state index is 11.6. The van der Waals surface area contributed by atoms with E-state index in [0.717, 1.165) is 5.56 Å². The molecule has 3 nitrogen and oxygen atoms in total. The van der Waals surface area contributed by atoms with Crippen molar-refractivity contribution in [2.45, 2.75) is 26.7 Å². The summed E-state index contributed by atoms with van der Waals surface area (Å²) in [6, 6.07) is 7.49. The van der Waals surface area contributed by atoms with Crippen molar-refractivity contribution in [3.8, 4) is 0 Å². The van der Waals surface area contributed by atoms with Gasteiger partial charge >= 0.3 is 0 Å². The molecule has 0 aliphatic heterocycles. The van der Waals surface area contributed by atoms with Crippen molar-refractivity contribution < 1.29 is 9.90 Å². The minimum Gasteiger partial charge on any atom is -0.396 e. The first-order valence-electron chi connectivity index (χ1n) is 6.05. The van der Waals surface area contributed by atoms with Crippen LogP contribution < -0.4 is 5.32 Å². The molecule has 1 aromatic carbocycles. The van der Waals surface area contributed by atoms with Crippen molar-refractivity contribution in [3.63, 3.8) is 0 Å². The number of halogens is 1. The second-order valence-electron chi connectivity index (χ2n) is 5.23. The summed E-state index contributed by atoms with van der Waals surface area (Å²) in [4.78, 5) is 11.6. The van der Waals surface area contributed by atoms with Gasteiger partial charge in [0.2, 0.25) is 5.91 Å². The van der Waals surface area contributed by atoms with E-state index >= 15 is 0 Å². The molecule has 0 spiro atoms. The van der Waals surface area contributed by atoms with Gasteiger partial charge in [-0.05, 0) is 24.1 Å². The number of hydrogen-bond acceptors (Lipinski definition) is 2. The molecule has 4 heteroatoms. The first-order chi connectivity index (χ1) is 8.43. The van der Waals surface area contributed by atoms with E-state index in [0.29, 0.717) is 24.4 Å². The Morgan fingerprint density at radius 3 is 2.50 bits per heavy atom. The van der Waals surface area contributed by atoms with Crippen LogP contribution in [-0.2, 0) is 11.2 Å². The maximum Gasteiger partial charge on any atom is 0.220 e. The number of benzene rings is 1. The van der Waals surface area contributed by atoms with Crippen molar-refractivity contribution in [2.75, 3.05) is 13.2 Å². The fourth-order valence-electron chi connectivity index (χ4n) is 1.39. The Balaban J connectivity index is 2.31. The molecular formula is C14H20ClNO2. The maximum absolute atomic E-state index is 11.6. The molecule has 0 fully saturated rings. The molecule has 100 valence electrons. The zero-order valence-electron chi connectivity index (χ0n) is 10.9. The Hall–Kier alpha value is -1.06. The smallest absolute Gasteiger partial charge is 0.220 e. The number of rotatable bonds is 6. The summed E-state index contributed by atoms with van der Waals surface area (Å²) >= 11 is 5.79. The van der Waals surface area contributed by atoms with Crippen LogP contribution in [0.5, 0.6) is 0 Å². The molecule has 18 heavy (non-hydrogen) atoms. The van der Waals surface area contributed by atoms with Crippen molar-refractivity contribution >= 4 is 17.5 Å². The van der Waals surface area contributed by atoms with Crippen LogP contribution >= 0.6 is 11.6 Å². The molecule has 0 atom stereocenters. The lowest BCUT2D eigenvalue weighted by molar-refractivity contribution is -0.121. The molecule has 0 saturated heterocycles. The predicted octanol–water partition coefficient (Wildman–Crippen LogP) is 2.41. The molecule has 2 N–H and O–H groups in total. The quantitative estimate of drug-likeness (QED) is 0.833. The van der Waals surface area contributed by atoms with Crippen molar-refractivity contribution in [1.82, 2.24) is 5.32 Å². The third-order valence-corrected chi connectivity index (χ3v) is 3.00. The number of aryl methyl sites for hydroxylation is 1. The summed E-state index contributed by atoms with van der Waals surface area (Å²) in [5.74, 6) is 0.00600. The number of nitrogens with one attached hydrogen (secondary N) is 1. The number of carbonyl (C=O) groups is 1. The zero-order valence-corrected chi connectivity index (χ0v) is 11.6. The van der Waals surface area contributed by atoms with Crippen LogP contribution in [0.1, 0.15) is 25.8 Å². The molecule has 0 unspecified atom stereocenters. The van der Waals surface area contributed by atoms with Gasteiger partial charge in [0.25, 0.3) is 0 Å². The van der Waals surface area contributed by atoms with Crippen LogP contribution in [0.15, 0.2) is 24.3 Å². The Kier molecular flexibility index (Phi) is 5.63. The van der Waals surface area contributed by atoms with E-state index < -0.39 is 0 Å². The molecular weight excluding hydrogens is 250 g/mol. The van der Waals surface area contributed by atoms with Gasteiger partial charge in [-0.1, -0.05) is 37.6 Å². The largest absolute Gasteiger partial charge is 0.396 e. The third-order valence-electron chi connectivity index (χ3n) is 2.75. The summed E-state index contributed by atoms with van der Waals surface area (Å²) in [5, 5.41) is 12.6. The minimum atomic E-state index is -0.268. The van der Waals surface area contributed by atoms with Crippen molar-refractivity contribution in [1.29, 1.82) is 0 Å². The van der Waals surface area contributed by atoms with Crippen LogP contribution in [0.25, 0.3) is 0 Å². The molecule has 1 aromatic rings. The topological polar surface area (TPSA) is 49.3 Å². The number of amides is 1. The molecule has 1 rings (SSSR count). The fourth-order valence-corrected chi connectivity index (χ4v) is 1.52. The first-order valence-corrected chi connectivity index (χ1v) is 6.43. The molecule has 0 heterocycles. The van der Waals surface area contributed by atoms with E-state index in [9.17, 15) is 4.79 Å². The van der Waals surface area contributed by atoms with Gasteiger partial charge in [-0.2, -0.15) is 0 Å². The summed E-state index contributed by atoms with van der Waals surface area (Å²) in [7, 11) is 0. The van der Waals surface area contributed by atoms with E-state index in [4.69, 9.17) is 16.7 Å². The molecule has 0 aliphatic rings. The van der Waals surface area contributed by atoms with Gasteiger partial charge < -0.3 is 10.4 Å². The summed E-state index contributed by atoms with van der Waals surface area (Å²) in [6.45, 7) is 4.37. The molecule has 0 bridgehead atoms. The number of carbonyl (C=O) groups excluding carboxylic acids is 1. The van der Waals surface area contributed by atoms with Gasteiger partial charge in [0, 0.05) is 30.0 Å². The number of hydrogen-bond donors (Lipinski definition) is 2. The van der Waals surface area contributed by atoms with E-state index in [-0.39, 0.29) is 17.9 Å². The minimum absolute atomic E-state index is 0.00600. The summed E-state index contributed by atoms with van der Waals surface area (Å²) < 4.78 is 0. The Morgan fingerprint density at radius 1 is 1.33 bits per heavy atom. The Labute approximate surface area is 113 Å². The lowest BCUT2D eigenvalue weighted by atomic mass is 9.95. The van der Waals surface area contributed by atoms with Crippen LogP contribution in [0, 0.1) is 5.41 Å². The number of aliphatic hydroxyl groups is 1. The van der Waals surface area contributed by atoms with Crippen LogP contribution in [0.3, 0.4) is 0 Å². The summed E-state index contributed by atoms with van der Waals surface area (Å²) in [5.41, 5.74) is 0.826. The van der Waals surface area contributed by atoms with E-state index in [2.05, 4.69) is 5.32 Å². The monoisotopic (exact) mass is 269 g/mol. The zero-order chi connectivity index (χ0) is 13.6. The molecule has 0 saturated carbocycles. The van der Waals surface area contributed by atoms with E-state index in [1.54, 1.807) is 0 Å². The highest BCUT2D eigenvalue weighted by Crippen LogP contribution is 2.12. The highest BCUT2D eigenvalue weighted by atomic mass is 35.5. The fraction of sp³-hybridized carbons (Fsp3) is 0.500. The van der Waals surface area contributed by atoms with Gasteiger partial charge in [0.05, 0.1) is 0 Å². The molecule has 0 aromatic heterocycles. The van der Waals surface area contributed by atoms with Gasteiger partial charge in [0.1, 0.15) is 0 Å². The molecule has 0 aliphatic carbocycles. The lowest BCUT2D eigenvalue weighted by Crippen LogP contribution is -2.36. The first kappa shape index (κ1) is 15.0. The average Bonchev–Trinajstić information content (AvgIpc) is 2.36. The predicted molar refractivity (Wildman–Crippen MR) is 73.6 cm³/mol. The SMILES string of the molecule is CC(C)(CO)CNC(=O)CCc1ccc(Cl)cc1. The second-order valence-corrected chi connectivity index (χ2v) is 5.66. The number of aliphatic hydroxyl groups excluding tert-OH is 1. The molecule has 0 radical (unpaired) electrons. The normalized spacial score (nSPS) is 11.3. The highest BCUT2D eigenvalue weighted by Gasteiger charge is 2.17. The van der Waals surface area contributed by atoms with Crippen molar-refractivity contribution in [2.24, 2.45) is 5.41 Å². The summed E-state index contributed by atoms with van der Waals surface area (Å²) in [6.07, 6.45) is 1.14. The Bertz CT molecular complexity index is 387. The van der Waals surface area contributed by atoms with Gasteiger partial charge in [-0.3, -0.25) is 4.79 Å². The van der Waals surface area contributed by atoms with E-state index in [1.807, 2.05) is 38.1 Å². The van der Waals surface area contributed by atoms with Crippen LogP contribution in [0.2, 0.25) is 5.02 Å². The highest BCUT2D eigenvalue weighted by molar-refractivity contribution is 6.30. The average molecular weight is 270 g/mol. The van der Waals surface area contributed by atoms with Crippen LogP contribution in [0.4, 0.5) is 0 Å². The van der Waals surface area contributed by atoms with E-state index in [1.165, 1.54) is 0 Å². The van der Waals surface area contributed by atoms with Gasteiger partial charge in [-0.15, -0.1) is 0 Å². The lowest BCUT2D eigenvalue weighted by Gasteiger charge is -2.21. The van der Waals surface area contributed by atoms with Crippen LogP contribution in [-0.4, -0.2) is 24.2 Å².